The van der Waals surface area contributed by atoms with E-state index in [1.807, 2.05) is 158 Å². The van der Waals surface area contributed by atoms with E-state index in [2.05, 4.69) is 26.0 Å². The van der Waals surface area contributed by atoms with Gasteiger partial charge in [-0.05, 0) is 50.4 Å². The van der Waals surface area contributed by atoms with E-state index in [0.29, 0.717) is 16.3 Å². The molecule has 1 fully saturated rings. The Hall–Kier alpha value is -8.78. The van der Waals surface area contributed by atoms with Gasteiger partial charge >= 0.3 is 17.1 Å². The fourth-order valence-corrected chi connectivity index (χ4v) is 12.3. The molecule has 0 spiro atoms. The maximum atomic E-state index is 14.8. The highest BCUT2D eigenvalue weighted by Crippen LogP contribution is 2.42. The molecule has 380 valence electrons. The summed E-state index contributed by atoms with van der Waals surface area (Å²) >= 11 is 2.20. The number of carbonyl (C=O) groups is 3. The van der Waals surface area contributed by atoms with Crippen LogP contribution in [0.15, 0.2) is 230 Å². The van der Waals surface area contributed by atoms with E-state index in [-0.39, 0.29) is 40.1 Å². The minimum absolute atomic E-state index is 0.0449. The molecule has 76 heavy (non-hydrogen) atoms. The molecule has 0 aliphatic carbocycles. The Morgan fingerprint density at radius 2 is 1.36 bits per heavy atom. The maximum absolute atomic E-state index is 14.8. The molecule has 16 nitrogen and oxygen atoms in total. The number of H-pyrrole nitrogens is 1. The summed E-state index contributed by atoms with van der Waals surface area (Å²) in [5, 5.41) is 19.4. The van der Waals surface area contributed by atoms with Crippen LogP contribution in [0.5, 0.6) is 0 Å². The molecule has 2 aliphatic rings. The van der Waals surface area contributed by atoms with Crippen molar-refractivity contribution in [2.45, 2.75) is 34.8 Å². The van der Waals surface area contributed by atoms with Gasteiger partial charge in [-0.25, -0.2) is 14.9 Å². The van der Waals surface area contributed by atoms with Crippen molar-refractivity contribution in [3.63, 3.8) is 0 Å². The third-order valence-electron chi connectivity index (χ3n) is 12.7. The first-order chi connectivity index (χ1) is 37.1. The smallest absolute Gasteiger partial charge is 0.356 e. The summed E-state index contributed by atoms with van der Waals surface area (Å²) in [4.78, 5) is 80.4. The van der Waals surface area contributed by atoms with E-state index in [9.17, 15) is 28.2 Å². The van der Waals surface area contributed by atoms with Crippen LogP contribution in [0.3, 0.4) is 0 Å². The first-order valence-electron chi connectivity index (χ1n) is 23.8. The van der Waals surface area contributed by atoms with Crippen LogP contribution < -0.4 is 21.8 Å². The van der Waals surface area contributed by atoms with Gasteiger partial charge in [0.2, 0.25) is 0 Å². The average molecular weight is 1070 g/mol. The van der Waals surface area contributed by atoms with Gasteiger partial charge in [0.1, 0.15) is 35.5 Å². The number of rotatable bonds is 18. The van der Waals surface area contributed by atoms with Gasteiger partial charge in [-0.3, -0.25) is 32.9 Å². The molecule has 2 aromatic heterocycles. The molecule has 10 rings (SSSR count). The summed E-state index contributed by atoms with van der Waals surface area (Å²) in [6.45, 7) is 0.0449. The zero-order chi connectivity index (χ0) is 52.6. The number of esters is 1. The molecule has 0 saturated carbocycles. The zero-order valence-electron chi connectivity index (χ0n) is 40.4. The molecule has 19 heteroatoms. The van der Waals surface area contributed by atoms with Gasteiger partial charge < -0.3 is 20.2 Å². The number of aromatic amines is 1. The number of aromatic nitrogens is 4. The monoisotopic (exact) mass is 1070 g/mol. The molecule has 8 aromatic rings. The Morgan fingerprint density at radius 1 is 0.816 bits per heavy atom. The Labute approximate surface area is 446 Å². The molecule has 3 unspecified atom stereocenters. The highest BCUT2D eigenvalue weighted by atomic mass is 32.2. The lowest BCUT2D eigenvalue weighted by Gasteiger charge is -2.49. The van der Waals surface area contributed by atoms with E-state index < -0.39 is 62.8 Å². The number of amides is 2. The maximum Gasteiger partial charge on any atom is 0.356 e. The number of fused-ring (bicyclic) bond motifs is 1. The van der Waals surface area contributed by atoms with E-state index in [0.717, 1.165) is 38.9 Å². The van der Waals surface area contributed by atoms with E-state index in [1.165, 1.54) is 34.5 Å². The Morgan fingerprint density at radius 3 is 1.91 bits per heavy atom. The lowest BCUT2D eigenvalue weighted by molar-refractivity contribution is -0.154. The number of nitrogens with one attached hydrogen (secondary N) is 3. The second kappa shape index (κ2) is 22.8. The standard InChI is InChI=1S/C57H46N8O8S3/c1-72-63-45(44-35-75-55(58-44)60-57(41-26-14-5-15-27-41,42-28-16-6-17-29-42)43-30-18-7-19-31-43)49(66)59-46-51(68)65-47(54(70)73-48(38-22-10-3-11-23-38)39-24-12-4-13-25-39)40(36-76(71)53(46)65)32-33-74-56-62-61-50(67)52(69)64(56)34-37-20-8-2-9-21-37/h2-33,35,46,48,53H,34,36H2,1H3,(H,58,60)(H,59,66)(H,61,67). The highest BCUT2D eigenvalue weighted by Gasteiger charge is 2.57. The first-order valence-corrected chi connectivity index (χ1v) is 26.9. The third kappa shape index (κ3) is 10.3. The van der Waals surface area contributed by atoms with Gasteiger partial charge in [-0.15, -0.1) is 16.4 Å². The van der Waals surface area contributed by atoms with Gasteiger partial charge in [0.25, 0.3) is 11.8 Å². The summed E-state index contributed by atoms with van der Waals surface area (Å²) < 4.78 is 22.0. The summed E-state index contributed by atoms with van der Waals surface area (Å²) in [6, 6.07) is 55.7. The van der Waals surface area contributed by atoms with E-state index in [1.54, 1.807) is 29.6 Å². The van der Waals surface area contributed by atoms with Crippen molar-refractivity contribution in [3.05, 3.63) is 270 Å². The lowest BCUT2D eigenvalue weighted by atomic mass is 9.77. The van der Waals surface area contributed by atoms with Gasteiger partial charge in [-0.1, -0.05) is 199 Å². The topological polar surface area (TPSA) is 207 Å². The normalized spacial score (nSPS) is 16.5. The van der Waals surface area contributed by atoms with Crippen molar-refractivity contribution in [3.8, 4) is 0 Å². The highest BCUT2D eigenvalue weighted by molar-refractivity contribution is 8.02. The largest absolute Gasteiger partial charge is 0.448 e. The third-order valence-corrected chi connectivity index (χ3v) is 15.8. The number of anilines is 1. The van der Waals surface area contributed by atoms with Crippen molar-refractivity contribution in [2.24, 2.45) is 5.16 Å². The summed E-state index contributed by atoms with van der Waals surface area (Å²) in [5.74, 6) is -2.71. The van der Waals surface area contributed by atoms with Gasteiger partial charge in [0.05, 0.1) is 23.1 Å². The van der Waals surface area contributed by atoms with Crippen LogP contribution in [-0.2, 0) is 46.8 Å². The molecule has 4 heterocycles. The number of oxime groups is 1. The molecule has 0 bridgehead atoms. The Balaban J connectivity index is 0.954. The molecular formula is C57H46N8O8S3. The molecule has 2 amide bonds. The molecule has 6 aromatic carbocycles. The number of allylic oxidation sites excluding steroid dienone is 1. The fraction of sp³-hybridized carbons (Fsp3) is 0.123. The Bertz CT molecular complexity index is 3500. The van der Waals surface area contributed by atoms with Crippen molar-refractivity contribution >= 4 is 62.5 Å². The number of hydrogen-bond acceptors (Lipinski definition) is 14. The number of hydrogen-bond donors (Lipinski definition) is 3. The van der Waals surface area contributed by atoms with Crippen LogP contribution in [-0.4, -0.2) is 76.6 Å². The van der Waals surface area contributed by atoms with Crippen molar-refractivity contribution in [1.82, 2.24) is 30.0 Å². The van der Waals surface area contributed by atoms with Crippen LogP contribution in [0.4, 0.5) is 5.13 Å². The summed E-state index contributed by atoms with van der Waals surface area (Å²) in [5.41, 5.74) is 2.06. The average Bonchev–Trinajstić information content (AvgIpc) is 3.97. The van der Waals surface area contributed by atoms with Gasteiger partial charge in [-0.2, -0.15) is 0 Å². The molecule has 2 aliphatic heterocycles. The molecule has 3 N–H and O–H groups in total. The van der Waals surface area contributed by atoms with E-state index >= 15 is 0 Å². The van der Waals surface area contributed by atoms with Crippen molar-refractivity contribution < 1.29 is 28.2 Å². The van der Waals surface area contributed by atoms with Crippen molar-refractivity contribution in [1.29, 1.82) is 0 Å². The predicted molar refractivity (Wildman–Crippen MR) is 292 cm³/mol. The number of nitrogens with zero attached hydrogens (tertiary/aromatic N) is 5. The number of β-lactam (4-membered cyclic amide) rings is 1. The Kier molecular flexibility index (Phi) is 15.2. The quantitative estimate of drug-likeness (QED) is 0.0145. The van der Waals surface area contributed by atoms with Gasteiger partial charge in [0, 0.05) is 5.38 Å². The van der Waals surface area contributed by atoms with Crippen LogP contribution in [0, 0.1) is 0 Å². The minimum atomic E-state index is -1.91. The number of carbonyl (C=O) groups excluding carboxylic acids is 3. The number of thiazole rings is 1. The number of benzene rings is 6. The number of ether oxygens (including phenoxy) is 1. The summed E-state index contributed by atoms with van der Waals surface area (Å²) in [6.07, 6.45) is 0.582. The summed E-state index contributed by atoms with van der Waals surface area (Å²) in [7, 11) is -0.627. The van der Waals surface area contributed by atoms with Gasteiger partial charge in [0.15, 0.2) is 22.1 Å². The minimum Gasteiger partial charge on any atom is -0.448 e. The van der Waals surface area contributed by atoms with Crippen LogP contribution >= 0.6 is 23.1 Å². The molecule has 0 radical (unpaired) electrons. The zero-order valence-corrected chi connectivity index (χ0v) is 42.9. The number of thioether (sulfide) groups is 1. The van der Waals surface area contributed by atoms with E-state index in [4.69, 9.17) is 14.6 Å². The van der Waals surface area contributed by atoms with Crippen molar-refractivity contribution in [2.75, 3.05) is 18.2 Å². The molecule has 1 saturated heterocycles. The van der Waals surface area contributed by atoms with Crippen LogP contribution in [0.1, 0.15) is 45.2 Å². The van der Waals surface area contributed by atoms with Crippen LogP contribution in [0.25, 0.3) is 0 Å². The van der Waals surface area contributed by atoms with Crippen LogP contribution in [0.2, 0.25) is 0 Å². The lowest BCUT2D eigenvalue weighted by Crippen LogP contribution is -2.74. The molecular weight excluding hydrogens is 1020 g/mol. The first kappa shape index (κ1) is 50.7. The predicted octanol–water partition coefficient (Wildman–Crippen LogP) is 7.50. The fourth-order valence-electron chi connectivity index (χ4n) is 9.14. The second-order valence-electron chi connectivity index (χ2n) is 17.3. The molecule has 3 atom stereocenters. The SMILES string of the molecule is CON=C(C(=O)NC1C(=O)N2C(C(=O)OC(c3ccccc3)c3ccccc3)=C(C=CSc3n[nH]c(=O)c(=O)n3Cc3ccccc3)CS(=O)C12)c1csc(NC(c2ccccc2)(c2ccccc2)c2ccccc2)n1. The second-order valence-corrected chi connectivity index (χ2v) is 20.6.